The van der Waals surface area contributed by atoms with E-state index < -0.39 is 5.91 Å². The lowest BCUT2D eigenvalue weighted by Gasteiger charge is -2.10. The molecule has 25 heavy (non-hydrogen) atoms. The van der Waals surface area contributed by atoms with E-state index in [9.17, 15) is 9.59 Å². The fourth-order valence-electron chi connectivity index (χ4n) is 2.34. The number of nitrogens with two attached hydrogens (primary N) is 1. The molecular weight excluding hydrogens is 336 g/mol. The second kappa shape index (κ2) is 6.98. The van der Waals surface area contributed by atoms with Crippen LogP contribution in [0.3, 0.4) is 0 Å². The number of aromatic amines is 1. The van der Waals surface area contributed by atoms with Crippen molar-refractivity contribution >= 4 is 40.3 Å². The number of hydrogen-bond donors (Lipinski definition) is 3. The molecule has 0 spiro atoms. The molecule has 0 saturated carbocycles. The van der Waals surface area contributed by atoms with Crippen LogP contribution in [0.2, 0.25) is 0 Å². The van der Waals surface area contributed by atoms with Crippen molar-refractivity contribution in [2.45, 2.75) is 24.3 Å². The molecule has 0 bridgehead atoms. The average Bonchev–Trinajstić information content (AvgIpc) is 2.96. The number of primary amides is 1. The maximum absolute atomic E-state index is 12.3. The smallest absolute Gasteiger partial charge is 0.248 e. The number of nitrogens with zero attached hydrogens (tertiary/aromatic N) is 1. The third-order valence-electron chi connectivity index (χ3n) is 3.71. The summed E-state index contributed by atoms with van der Waals surface area (Å²) < 4.78 is 0. The van der Waals surface area contributed by atoms with Gasteiger partial charge in [0.15, 0.2) is 5.16 Å². The quantitative estimate of drug-likeness (QED) is 0.613. The van der Waals surface area contributed by atoms with E-state index in [-0.39, 0.29) is 11.2 Å². The van der Waals surface area contributed by atoms with Crippen molar-refractivity contribution in [3.63, 3.8) is 0 Å². The number of carbonyl (C=O) groups excluding carboxylic acids is 2. The van der Waals surface area contributed by atoms with E-state index in [1.165, 1.54) is 11.8 Å². The van der Waals surface area contributed by atoms with E-state index in [0.29, 0.717) is 16.4 Å². The second-order valence-electron chi connectivity index (χ2n) is 5.75. The number of rotatable bonds is 5. The van der Waals surface area contributed by atoms with Crippen LogP contribution in [-0.4, -0.2) is 27.0 Å². The molecule has 3 rings (SSSR count). The molecule has 1 atom stereocenters. The Labute approximate surface area is 149 Å². The number of anilines is 1. The fourth-order valence-corrected chi connectivity index (χ4v) is 3.16. The number of benzene rings is 2. The molecule has 0 aliphatic rings. The summed E-state index contributed by atoms with van der Waals surface area (Å²) in [6.45, 7) is 3.84. The number of imidazole rings is 1. The Morgan fingerprint density at radius 2 is 1.92 bits per heavy atom. The van der Waals surface area contributed by atoms with Crippen LogP contribution in [0.4, 0.5) is 5.69 Å². The van der Waals surface area contributed by atoms with Gasteiger partial charge < -0.3 is 16.0 Å². The molecule has 1 aromatic heterocycles. The van der Waals surface area contributed by atoms with Gasteiger partial charge in [0.25, 0.3) is 0 Å². The Hall–Kier alpha value is -2.80. The number of carbonyl (C=O) groups is 2. The third kappa shape index (κ3) is 4.00. The van der Waals surface area contributed by atoms with Gasteiger partial charge in [-0.05, 0) is 55.8 Å². The number of H-pyrrole nitrogens is 1. The highest BCUT2D eigenvalue weighted by Crippen LogP contribution is 2.25. The Morgan fingerprint density at radius 3 is 2.60 bits per heavy atom. The summed E-state index contributed by atoms with van der Waals surface area (Å²) in [4.78, 5) is 31.1. The summed E-state index contributed by atoms with van der Waals surface area (Å²) >= 11 is 1.36. The lowest BCUT2D eigenvalue weighted by Crippen LogP contribution is -2.22. The zero-order valence-corrected chi connectivity index (χ0v) is 14.7. The van der Waals surface area contributed by atoms with Crippen molar-refractivity contribution < 1.29 is 9.59 Å². The summed E-state index contributed by atoms with van der Waals surface area (Å²) in [6.07, 6.45) is 0. The van der Waals surface area contributed by atoms with Gasteiger partial charge in [0.05, 0.1) is 16.3 Å². The lowest BCUT2D eigenvalue weighted by atomic mass is 10.2. The third-order valence-corrected chi connectivity index (χ3v) is 4.69. The van der Waals surface area contributed by atoms with Crippen molar-refractivity contribution in [2.75, 3.05) is 5.32 Å². The molecule has 2 aromatic carbocycles. The fraction of sp³-hybridized carbons (Fsp3) is 0.167. The van der Waals surface area contributed by atoms with Crippen molar-refractivity contribution in [2.24, 2.45) is 5.73 Å². The molecule has 0 aliphatic carbocycles. The maximum atomic E-state index is 12.3. The number of hydrogen-bond acceptors (Lipinski definition) is 4. The van der Waals surface area contributed by atoms with Gasteiger partial charge in [-0.1, -0.05) is 17.8 Å². The van der Waals surface area contributed by atoms with Gasteiger partial charge in [0.2, 0.25) is 11.8 Å². The predicted molar refractivity (Wildman–Crippen MR) is 99.7 cm³/mol. The molecule has 3 aromatic rings. The molecular formula is C18H18N4O2S. The number of amides is 2. The second-order valence-corrected chi connectivity index (χ2v) is 7.08. The predicted octanol–water partition coefficient (Wildman–Crippen LogP) is 3.09. The van der Waals surface area contributed by atoms with Gasteiger partial charge in [-0.25, -0.2) is 4.98 Å². The Kier molecular flexibility index (Phi) is 4.76. The minimum atomic E-state index is -0.498. The van der Waals surface area contributed by atoms with Crippen LogP contribution in [0, 0.1) is 6.92 Å². The van der Waals surface area contributed by atoms with E-state index in [2.05, 4.69) is 15.3 Å². The molecule has 2 amide bonds. The minimum absolute atomic E-state index is 0.145. The first-order valence-electron chi connectivity index (χ1n) is 7.76. The molecule has 128 valence electrons. The van der Waals surface area contributed by atoms with Gasteiger partial charge in [-0.3, -0.25) is 9.59 Å². The van der Waals surface area contributed by atoms with Gasteiger partial charge in [0.1, 0.15) is 0 Å². The van der Waals surface area contributed by atoms with Crippen LogP contribution >= 0.6 is 11.8 Å². The van der Waals surface area contributed by atoms with Crippen LogP contribution in [-0.2, 0) is 4.79 Å². The molecule has 6 nitrogen and oxygen atoms in total. The molecule has 0 aliphatic heterocycles. The van der Waals surface area contributed by atoms with Crippen LogP contribution in [0.15, 0.2) is 47.6 Å². The highest BCUT2D eigenvalue weighted by Gasteiger charge is 2.17. The van der Waals surface area contributed by atoms with E-state index >= 15 is 0 Å². The molecule has 0 radical (unpaired) electrons. The number of fused-ring (bicyclic) bond motifs is 1. The summed E-state index contributed by atoms with van der Waals surface area (Å²) in [5, 5.41) is 3.18. The van der Waals surface area contributed by atoms with Crippen LogP contribution in [0.25, 0.3) is 11.0 Å². The van der Waals surface area contributed by atoms with Crippen molar-refractivity contribution in [3.8, 4) is 0 Å². The van der Waals surface area contributed by atoms with E-state index in [1.54, 1.807) is 24.3 Å². The zero-order valence-electron chi connectivity index (χ0n) is 13.9. The summed E-state index contributed by atoms with van der Waals surface area (Å²) in [6, 6.07) is 12.4. The Balaban J connectivity index is 1.66. The highest BCUT2D eigenvalue weighted by molar-refractivity contribution is 8.00. The van der Waals surface area contributed by atoms with Crippen molar-refractivity contribution in [1.29, 1.82) is 0 Å². The van der Waals surface area contributed by atoms with Gasteiger partial charge >= 0.3 is 0 Å². The number of thioether (sulfide) groups is 1. The first kappa shape index (κ1) is 17.0. The van der Waals surface area contributed by atoms with E-state index in [0.717, 1.165) is 16.6 Å². The number of aryl methyl sites for hydroxylation is 1. The first-order valence-corrected chi connectivity index (χ1v) is 8.64. The van der Waals surface area contributed by atoms with Gasteiger partial charge in [0, 0.05) is 11.3 Å². The molecule has 0 saturated heterocycles. The topological polar surface area (TPSA) is 101 Å². The summed E-state index contributed by atoms with van der Waals surface area (Å²) in [5.41, 5.74) is 9.20. The van der Waals surface area contributed by atoms with E-state index in [4.69, 9.17) is 5.73 Å². The summed E-state index contributed by atoms with van der Waals surface area (Å²) in [7, 11) is 0. The average molecular weight is 354 g/mol. The molecule has 0 unspecified atom stereocenters. The van der Waals surface area contributed by atoms with Crippen LogP contribution < -0.4 is 11.1 Å². The molecule has 1 heterocycles. The van der Waals surface area contributed by atoms with E-state index in [1.807, 2.05) is 32.0 Å². The Morgan fingerprint density at radius 1 is 1.20 bits per heavy atom. The number of nitrogens with one attached hydrogen (secondary N) is 2. The largest absolute Gasteiger partial charge is 0.366 e. The highest BCUT2D eigenvalue weighted by atomic mass is 32.2. The van der Waals surface area contributed by atoms with Crippen molar-refractivity contribution in [3.05, 3.63) is 53.6 Å². The first-order chi connectivity index (χ1) is 11.9. The maximum Gasteiger partial charge on any atom is 0.248 e. The van der Waals surface area contributed by atoms with Crippen LogP contribution in [0.1, 0.15) is 22.8 Å². The minimum Gasteiger partial charge on any atom is -0.366 e. The zero-order chi connectivity index (χ0) is 18.0. The van der Waals surface area contributed by atoms with Gasteiger partial charge in [-0.2, -0.15) is 0 Å². The molecule has 4 N–H and O–H groups in total. The standard InChI is InChI=1S/C18H18N4O2S/c1-10-3-8-14-15(9-10)22-18(21-14)25-11(2)17(24)20-13-6-4-12(5-7-13)16(19)23/h3-9,11H,1-2H3,(H2,19,23)(H,20,24)(H,21,22)/t11-/m0/s1. The number of aromatic nitrogens is 2. The van der Waals surface area contributed by atoms with Crippen molar-refractivity contribution in [1.82, 2.24) is 9.97 Å². The van der Waals surface area contributed by atoms with Gasteiger partial charge in [-0.15, -0.1) is 0 Å². The molecule has 7 heteroatoms. The van der Waals surface area contributed by atoms with Crippen LogP contribution in [0.5, 0.6) is 0 Å². The SMILES string of the molecule is Cc1ccc2nc(S[C@@H](C)C(=O)Nc3ccc(C(N)=O)cc3)[nH]c2c1. The Bertz CT molecular complexity index is 934. The normalized spacial score (nSPS) is 12.1. The summed E-state index contributed by atoms with van der Waals surface area (Å²) in [5.74, 6) is -0.643. The monoisotopic (exact) mass is 354 g/mol. The molecule has 0 fully saturated rings. The lowest BCUT2D eigenvalue weighted by molar-refractivity contribution is -0.115.